The van der Waals surface area contributed by atoms with Crippen LogP contribution in [0.4, 0.5) is 8.78 Å². The Morgan fingerprint density at radius 2 is 1.83 bits per heavy atom. The lowest BCUT2D eigenvalue weighted by Gasteiger charge is -2.08. The van der Waals surface area contributed by atoms with Gasteiger partial charge in [-0.3, -0.25) is 0 Å². The quantitative estimate of drug-likeness (QED) is 0.392. The van der Waals surface area contributed by atoms with Crippen molar-refractivity contribution in [1.29, 1.82) is 0 Å². The predicted octanol–water partition coefficient (Wildman–Crippen LogP) is 2.84. The van der Waals surface area contributed by atoms with Crippen molar-refractivity contribution in [1.82, 2.24) is 0 Å². The first-order valence-corrected chi connectivity index (χ1v) is 3.60. The number of alkyl halides is 2. The van der Waals surface area contributed by atoms with E-state index in [0.29, 0.717) is 0 Å². The number of benzene rings is 1. The summed E-state index contributed by atoms with van der Waals surface area (Å²) in [7, 11) is 0. The third kappa shape index (κ3) is 1.94. The fraction of sp³-hybridized carbons (Fsp3) is 0.125. The van der Waals surface area contributed by atoms with Gasteiger partial charge in [0.1, 0.15) is 0 Å². The zero-order valence-corrected chi connectivity index (χ0v) is 6.81. The van der Waals surface area contributed by atoms with Gasteiger partial charge in [-0.2, -0.15) is 13.8 Å². The van der Waals surface area contributed by atoms with E-state index in [0.717, 1.165) is 0 Å². The van der Waals surface area contributed by atoms with Crippen LogP contribution in [-0.2, 0) is 6.05 Å². The molecule has 4 heteroatoms. The Balaban J connectivity index is 3.05. The Bertz CT molecular complexity index is 304. The lowest BCUT2D eigenvalue weighted by molar-refractivity contribution is 0.00712. The minimum atomic E-state index is -3.25. The first-order chi connectivity index (χ1) is 5.67. The van der Waals surface area contributed by atoms with Gasteiger partial charge in [0, 0.05) is 5.56 Å². The van der Waals surface area contributed by atoms with E-state index < -0.39 is 6.05 Å². The highest BCUT2D eigenvalue weighted by Gasteiger charge is 2.29. The molecule has 62 valence electrons. The highest BCUT2D eigenvalue weighted by atomic mass is 32.1. The number of isothiocyanates is 1. The van der Waals surface area contributed by atoms with Gasteiger partial charge < -0.3 is 0 Å². The number of rotatable bonds is 2. The smallest absolute Gasteiger partial charge is 0.175 e. The lowest BCUT2D eigenvalue weighted by atomic mass is 10.2. The van der Waals surface area contributed by atoms with Crippen LogP contribution >= 0.6 is 12.2 Å². The summed E-state index contributed by atoms with van der Waals surface area (Å²) in [5.74, 6) is 0. The standard InChI is InChI=1S/C8H5F2NS/c9-8(10,11-6-12)7-4-2-1-3-5-7/h1-5H. The Hall–Kier alpha value is -1.12. The third-order valence-electron chi connectivity index (χ3n) is 1.31. The Morgan fingerprint density at radius 3 is 2.33 bits per heavy atom. The van der Waals surface area contributed by atoms with Crippen LogP contribution in [0.3, 0.4) is 0 Å². The van der Waals surface area contributed by atoms with Gasteiger partial charge in [0.25, 0.3) is 0 Å². The number of thiocarbonyl (C=S) groups is 1. The van der Waals surface area contributed by atoms with E-state index >= 15 is 0 Å². The maximum atomic E-state index is 12.9. The first kappa shape index (κ1) is 8.97. The van der Waals surface area contributed by atoms with Crippen molar-refractivity contribution in [3.8, 4) is 0 Å². The summed E-state index contributed by atoms with van der Waals surface area (Å²) in [5, 5.41) is 1.66. The summed E-state index contributed by atoms with van der Waals surface area (Å²) in [6, 6.07) is 4.01. The molecular weight excluding hydrogens is 180 g/mol. The average Bonchev–Trinajstić information content (AvgIpc) is 2.06. The van der Waals surface area contributed by atoms with Crippen molar-refractivity contribution in [2.75, 3.05) is 0 Å². The Labute approximate surface area is 73.7 Å². The van der Waals surface area contributed by atoms with Gasteiger partial charge in [-0.1, -0.05) is 30.3 Å². The molecule has 1 rings (SSSR count). The van der Waals surface area contributed by atoms with Crippen molar-refractivity contribution >= 4 is 17.4 Å². The molecule has 0 radical (unpaired) electrons. The zero-order valence-electron chi connectivity index (χ0n) is 6.00. The normalized spacial score (nSPS) is 10.5. The van der Waals surface area contributed by atoms with Crippen molar-refractivity contribution in [2.24, 2.45) is 4.99 Å². The van der Waals surface area contributed by atoms with Crippen molar-refractivity contribution in [3.63, 3.8) is 0 Å². The fourth-order valence-corrected chi connectivity index (χ4v) is 0.875. The van der Waals surface area contributed by atoms with E-state index in [4.69, 9.17) is 0 Å². The summed E-state index contributed by atoms with van der Waals surface area (Å²) >= 11 is 4.10. The van der Waals surface area contributed by atoms with Crippen LogP contribution in [0, 0.1) is 0 Å². The monoisotopic (exact) mass is 185 g/mol. The maximum absolute atomic E-state index is 12.9. The van der Waals surface area contributed by atoms with Crippen LogP contribution in [0.5, 0.6) is 0 Å². The minimum absolute atomic E-state index is 0.178. The average molecular weight is 185 g/mol. The van der Waals surface area contributed by atoms with E-state index in [-0.39, 0.29) is 5.56 Å². The van der Waals surface area contributed by atoms with Crippen molar-refractivity contribution in [2.45, 2.75) is 6.05 Å². The molecule has 0 heterocycles. The third-order valence-corrected chi connectivity index (χ3v) is 1.40. The SMILES string of the molecule is FC(F)(N=C=S)c1ccccc1. The molecule has 0 unspecified atom stereocenters. The van der Waals surface area contributed by atoms with Gasteiger partial charge in [0.2, 0.25) is 0 Å². The number of halogens is 2. The number of aliphatic imine (C=N–C) groups is 1. The molecule has 12 heavy (non-hydrogen) atoms. The topological polar surface area (TPSA) is 12.4 Å². The molecule has 0 spiro atoms. The summed E-state index contributed by atoms with van der Waals surface area (Å²) in [4.78, 5) is 2.76. The molecule has 0 N–H and O–H groups in total. The highest BCUT2D eigenvalue weighted by Crippen LogP contribution is 2.28. The van der Waals surface area contributed by atoms with Crippen molar-refractivity contribution in [3.05, 3.63) is 35.9 Å². The molecule has 1 nitrogen and oxygen atoms in total. The maximum Gasteiger partial charge on any atom is 0.377 e. The fourth-order valence-electron chi connectivity index (χ4n) is 0.761. The van der Waals surface area contributed by atoms with Crippen LogP contribution < -0.4 is 0 Å². The second-order valence-corrected chi connectivity index (χ2v) is 2.29. The Kier molecular flexibility index (Phi) is 2.63. The summed E-state index contributed by atoms with van der Waals surface area (Å²) in [6.45, 7) is 0. The lowest BCUT2D eigenvalue weighted by Crippen LogP contribution is -2.08. The molecule has 0 aliphatic rings. The Morgan fingerprint density at radius 1 is 1.25 bits per heavy atom. The van der Waals surface area contributed by atoms with Crippen LogP contribution in [0.25, 0.3) is 0 Å². The van der Waals surface area contributed by atoms with E-state index in [1.807, 2.05) is 0 Å². The van der Waals surface area contributed by atoms with Crippen LogP contribution in [0.2, 0.25) is 0 Å². The number of hydrogen-bond acceptors (Lipinski definition) is 2. The summed E-state index contributed by atoms with van der Waals surface area (Å²) < 4.78 is 25.7. The second kappa shape index (κ2) is 3.52. The molecule has 0 atom stereocenters. The molecule has 0 aliphatic carbocycles. The van der Waals surface area contributed by atoms with Gasteiger partial charge >= 0.3 is 6.05 Å². The van der Waals surface area contributed by atoms with Gasteiger partial charge in [-0.05, 0) is 12.2 Å². The van der Waals surface area contributed by atoms with Crippen LogP contribution in [0.1, 0.15) is 5.56 Å². The second-order valence-electron chi connectivity index (χ2n) is 2.11. The molecule has 0 aromatic heterocycles. The summed E-state index contributed by atoms with van der Waals surface area (Å²) in [6.07, 6.45) is 0. The zero-order chi connectivity index (χ0) is 9.03. The molecule has 0 aliphatic heterocycles. The van der Waals surface area contributed by atoms with Gasteiger partial charge in [-0.25, -0.2) is 0 Å². The summed E-state index contributed by atoms with van der Waals surface area (Å²) in [5.41, 5.74) is -0.178. The molecule has 0 saturated heterocycles. The van der Waals surface area contributed by atoms with Gasteiger partial charge in [-0.15, -0.1) is 0 Å². The van der Waals surface area contributed by atoms with E-state index in [1.165, 1.54) is 24.3 Å². The molecular formula is C8H5F2NS. The van der Waals surface area contributed by atoms with E-state index in [1.54, 1.807) is 11.2 Å². The molecule has 0 bridgehead atoms. The molecule has 0 amide bonds. The number of nitrogens with zero attached hydrogens (tertiary/aromatic N) is 1. The number of hydrogen-bond donors (Lipinski definition) is 0. The van der Waals surface area contributed by atoms with Crippen molar-refractivity contribution < 1.29 is 8.78 Å². The molecule has 0 saturated carbocycles. The minimum Gasteiger partial charge on any atom is -0.175 e. The van der Waals surface area contributed by atoms with Gasteiger partial charge in [0.15, 0.2) is 0 Å². The van der Waals surface area contributed by atoms with E-state index in [2.05, 4.69) is 17.2 Å². The predicted molar refractivity (Wildman–Crippen MR) is 45.4 cm³/mol. The highest BCUT2D eigenvalue weighted by molar-refractivity contribution is 7.78. The van der Waals surface area contributed by atoms with E-state index in [9.17, 15) is 8.78 Å². The van der Waals surface area contributed by atoms with Gasteiger partial charge in [0.05, 0.1) is 5.16 Å². The van der Waals surface area contributed by atoms with Crippen LogP contribution in [0.15, 0.2) is 35.3 Å². The first-order valence-electron chi connectivity index (χ1n) is 3.19. The molecule has 0 fully saturated rings. The van der Waals surface area contributed by atoms with Crippen LogP contribution in [-0.4, -0.2) is 5.16 Å². The molecule has 1 aromatic rings. The largest absolute Gasteiger partial charge is 0.377 e. The molecule has 1 aromatic carbocycles.